The summed E-state index contributed by atoms with van der Waals surface area (Å²) in [5.74, 6) is 0.778. The molecular formula is C10H9BrN4. The van der Waals surface area contributed by atoms with E-state index in [2.05, 4.69) is 37.6 Å². The Kier molecular flexibility index (Phi) is 2.88. The molecule has 5 heteroatoms. The second-order valence-corrected chi connectivity index (χ2v) is 3.94. The van der Waals surface area contributed by atoms with E-state index in [9.17, 15) is 0 Å². The van der Waals surface area contributed by atoms with E-state index in [1.54, 1.807) is 12.1 Å². The molecule has 0 fully saturated rings. The number of guanidine groups is 1. The normalized spacial score (nSPS) is 14.0. The summed E-state index contributed by atoms with van der Waals surface area (Å²) in [6.45, 7) is 1.67. The summed E-state index contributed by atoms with van der Waals surface area (Å²) < 4.78 is 0.859. The summed E-state index contributed by atoms with van der Waals surface area (Å²) >= 11 is 3.40. The predicted molar refractivity (Wildman–Crippen MR) is 62.8 cm³/mol. The lowest BCUT2D eigenvalue weighted by atomic mass is 10.2. The van der Waals surface area contributed by atoms with Gasteiger partial charge in [-0.05, 0) is 34.1 Å². The topological polar surface area (TPSA) is 60.2 Å². The Labute approximate surface area is 96.1 Å². The van der Waals surface area contributed by atoms with Crippen LogP contribution in [0.25, 0.3) is 0 Å². The average molecular weight is 265 g/mol. The van der Waals surface area contributed by atoms with Crippen molar-refractivity contribution in [2.45, 2.75) is 0 Å². The standard InChI is InChI=1S/C10H9BrN4/c11-8-5-7(6-12)1-2-9(8)15-10-13-3-4-14-10/h1-2,5H,3-4H2,(H2,13,14,15). The van der Waals surface area contributed by atoms with Crippen LogP contribution in [-0.4, -0.2) is 19.0 Å². The molecule has 1 aromatic carbocycles. The van der Waals surface area contributed by atoms with Crippen LogP contribution in [0.3, 0.4) is 0 Å². The van der Waals surface area contributed by atoms with Crippen LogP contribution in [0.5, 0.6) is 0 Å². The summed E-state index contributed by atoms with van der Waals surface area (Å²) in [5.41, 5.74) is 1.54. The van der Waals surface area contributed by atoms with Crippen LogP contribution in [0.15, 0.2) is 27.7 Å². The van der Waals surface area contributed by atoms with Crippen molar-refractivity contribution in [3.63, 3.8) is 0 Å². The molecule has 0 aliphatic carbocycles. The van der Waals surface area contributed by atoms with E-state index in [4.69, 9.17) is 5.26 Å². The first-order valence-electron chi connectivity index (χ1n) is 4.54. The molecule has 1 heterocycles. The van der Waals surface area contributed by atoms with Crippen LogP contribution < -0.4 is 10.6 Å². The maximum atomic E-state index is 8.71. The Balaban J connectivity index is 2.19. The van der Waals surface area contributed by atoms with E-state index < -0.39 is 0 Å². The number of nitrogens with one attached hydrogen (secondary N) is 2. The number of anilines is 1. The SMILES string of the molecule is N#Cc1ccc(NC2=NCCN2)c(Br)c1. The van der Waals surface area contributed by atoms with Crippen LogP contribution in [-0.2, 0) is 0 Å². The van der Waals surface area contributed by atoms with Crippen molar-refractivity contribution in [3.8, 4) is 6.07 Å². The van der Waals surface area contributed by atoms with Crippen LogP contribution in [0.4, 0.5) is 5.69 Å². The number of aliphatic imine (C=N–C) groups is 1. The highest BCUT2D eigenvalue weighted by Crippen LogP contribution is 2.23. The molecule has 15 heavy (non-hydrogen) atoms. The van der Waals surface area contributed by atoms with Crippen molar-refractivity contribution in [3.05, 3.63) is 28.2 Å². The van der Waals surface area contributed by atoms with E-state index in [0.29, 0.717) is 5.56 Å². The first-order chi connectivity index (χ1) is 7.29. The molecule has 1 aliphatic heterocycles. The lowest BCUT2D eigenvalue weighted by Crippen LogP contribution is -2.26. The van der Waals surface area contributed by atoms with E-state index in [-0.39, 0.29) is 0 Å². The number of nitriles is 1. The molecule has 0 aromatic heterocycles. The number of halogens is 1. The van der Waals surface area contributed by atoms with E-state index in [1.807, 2.05) is 6.07 Å². The molecule has 0 amide bonds. The minimum absolute atomic E-state index is 0.633. The molecule has 0 saturated heterocycles. The Hall–Kier alpha value is -1.54. The lowest BCUT2D eigenvalue weighted by molar-refractivity contribution is 0.959. The maximum Gasteiger partial charge on any atom is 0.195 e. The Bertz CT molecular complexity index is 447. The van der Waals surface area contributed by atoms with Gasteiger partial charge in [0.25, 0.3) is 0 Å². The Morgan fingerprint density at radius 1 is 1.53 bits per heavy atom. The van der Waals surface area contributed by atoms with Gasteiger partial charge in [-0.15, -0.1) is 0 Å². The molecule has 0 radical (unpaired) electrons. The molecule has 76 valence electrons. The van der Waals surface area contributed by atoms with Crippen molar-refractivity contribution in [2.24, 2.45) is 4.99 Å². The molecule has 1 aromatic rings. The summed E-state index contributed by atoms with van der Waals surface area (Å²) in [7, 11) is 0. The monoisotopic (exact) mass is 264 g/mol. The van der Waals surface area contributed by atoms with E-state index in [1.165, 1.54) is 0 Å². The highest BCUT2D eigenvalue weighted by molar-refractivity contribution is 9.10. The summed E-state index contributed by atoms with van der Waals surface area (Å²) in [6.07, 6.45) is 0. The maximum absolute atomic E-state index is 8.71. The average Bonchev–Trinajstić information content (AvgIpc) is 2.74. The first kappa shape index (κ1) is 9.99. The number of hydrogen-bond donors (Lipinski definition) is 2. The largest absolute Gasteiger partial charge is 0.354 e. The predicted octanol–water partition coefficient (Wildman–Crippen LogP) is 1.69. The van der Waals surface area contributed by atoms with Crippen LogP contribution in [0.1, 0.15) is 5.56 Å². The smallest absolute Gasteiger partial charge is 0.195 e. The molecule has 4 nitrogen and oxygen atoms in total. The third-order valence-electron chi connectivity index (χ3n) is 2.03. The van der Waals surface area contributed by atoms with Gasteiger partial charge in [0.2, 0.25) is 0 Å². The van der Waals surface area contributed by atoms with Crippen molar-refractivity contribution >= 4 is 27.6 Å². The highest BCUT2D eigenvalue weighted by Gasteiger charge is 2.07. The molecule has 0 unspecified atom stereocenters. The number of benzene rings is 1. The zero-order chi connectivity index (χ0) is 10.7. The van der Waals surface area contributed by atoms with Crippen LogP contribution in [0, 0.1) is 11.3 Å². The minimum atomic E-state index is 0.633. The zero-order valence-corrected chi connectivity index (χ0v) is 9.50. The zero-order valence-electron chi connectivity index (χ0n) is 7.92. The molecule has 2 N–H and O–H groups in total. The summed E-state index contributed by atoms with van der Waals surface area (Å²) in [4.78, 5) is 4.22. The first-order valence-corrected chi connectivity index (χ1v) is 5.34. The number of nitrogens with zero attached hydrogens (tertiary/aromatic N) is 2. The van der Waals surface area contributed by atoms with Gasteiger partial charge < -0.3 is 10.6 Å². The third-order valence-corrected chi connectivity index (χ3v) is 2.68. The number of hydrogen-bond acceptors (Lipinski definition) is 4. The summed E-state index contributed by atoms with van der Waals surface area (Å²) in [5, 5.41) is 15.0. The van der Waals surface area contributed by atoms with Crippen molar-refractivity contribution in [1.82, 2.24) is 5.32 Å². The Morgan fingerprint density at radius 3 is 3.00 bits per heavy atom. The van der Waals surface area contributed by atoms with Gasteiger partial charge in [-0.1, -0.05) is 0 Å². The molecular weight excluding hydrogens is 256 g/mol. The van der Waals surface area contributed by atoms with Gasteiger partial charge in [0.1, 0.15) is 0 Å². The van der Waals surface area contributed by atoms with Crippen molar-refractivity contribution in [1.29, 1.82) is 5.26 Å². The van der Waals surface area contributed by atoms with Crippen LogP contribution >= 0.6 is 15.9 Å². The molecule has 0 spiro atoms. The molecule has 0 saturated carbocycles. The number of rotatable bonds is 1. The molecule has 0 atom stereocenters. The van der Waals surface area contributed by atoms with Gasteiger partial charge >= 0.3 is 0 Å². The fourth-order valence-electron chi connectivity index (χ4n) is 1.30. The van der Waals surface area contributed by atoms with Crippen LogP contribution in [0.2, 0.25) is 0 Å². The molecule has 1 aliphatic rings. The van der Waals surface area contributed by atoms with Crippen molar-refractivity contribution < 1.29 is 0 Å². The second-order valence-electron chi connectivity index (χ2n) is 3.09. The van der Waals surface area contributed by atoms with Gasteiger partial charge in [-0.25, -0.2) is 0 Å². The lowest BCUT2D eigenvalue weighted by Gasteiger charge is -2.08. The quantitative estimate of drug-likeness (QED) is 0.812. The third kappa shape index (κ3) is 2.28. The van der Waals surface area contributed by atoms with Gasteiger partial charge in [-0.3, -0.25) is 4.99 Å². The second kappa shape index (κ2) is 4.32. The van der Waals surface area contributed by atoms with Crippen molar-refractivity contribution in [2.75, 3.05) is 18.4 Å². The van der Waals surface area contributed by atoms with Gasteiger partial charge in [-0.2, -0.15) is 5.26 Å². The summed E-state index contributed by atoms with van der Waals surface area (Å²) in [6, 6.07) is 7.48. The Morgan fingerprint density at radius 2 is 2.40 bits per heavy atom. The molecule has 0 bridgehead atoms. The van der Waals surface area contributed by atoms with Gasteiger partial charge in [0, 0.05) is 11.0 Å². The fraction of sp³-hybridized carbons (Fsp3) is 0.200. The molecule has 2 rings (SSSR count). The minimum Gasteiger partial charge on any atom is -0.354 e. The highest BCUT2D eigenvalue weighted by atomic mass is 79.9. The van der Waals surface area contributed by atoms with Gasteiger partial charge in [0.05, 0.1) is 23.9 Å². The van der Waals surface area contributed by atoms with E-state index >= 15 is 0 Å². The van der Waals surface area contributed by atoms with E-state index in [0.717, 1.165) is 29.2 Å². The fourth-order valence-corrected chi connectivity index (χ4v) is 1.77. The van der Waals surface area contributed by atoms with Gasteiger partial charge in [0.15, 0.2) is 5.96 Å².